The van der Waals surface area contributed by atoms with Gasteiger partial charge in [-0.15, -0.1) is 0 Å². The van der Waals surface area contributed by atoms with Crippen molar-refractivity contribution in [2.24, 2.45) is 7.05 Å². The summed E-state index contributed by atoms with van der Waals surface area (Å²) in [6.07, 6.45) is 0.364. The van der Waals surface area contributed by atoms with Gasteiger partial charge in [0.2, 0.25) is 0 Å². The molecule has 1 aromatic heterocycles. The van der Waals surface area contributed by atoms with Gasteiger partial charge < -0.3 is 4.74 Å². The van der Waals surface area contributed by atoms with Gasteiger partial charge in [0.05, 0.1) is 19.2 Å². The molecule has 0 bridgehead atoms. The van der Waals surface area contributed by atoms with Crippen LogP contribution in [0.5, 0.6) is 5.75 Å². The van der Waals surface area contributed by atoms with Crippen molar-refractivity contribution < 1.29 is 9.53 Å². The molecule has 0 radical (unpaired) electrons. The zero-order valence-electron chi connectivity index (χ0n) is 11.7. The molecule has 19 heavy (non-hydrogen) atoms. The summed E-state index contributed by atoms with van der Waals surface area (Å²) in [5, 5.41) is 4.25. The summed E-state index contributed by atoms with van der Waals surface area (Å²) < 4.78 is 6.95. The van der Waals surface area contributed by atoms with Crippen LogP contribution in [0, 0.1) is 13.8 Å². The number of ketones is 1. The molecule has 0 unspecified atom stereocenters. The Morgan fingerprint density at radius 1 is 1.32 bits per heavy atom. The van der Waals surface area contributed by atoms with E-state index in [1.807, 2.05) is 39.1 Å². The lowest BCUT2D eigenvalue weighted by atomic mass is 10.0. The number of methoxy groups -OCH3 is 1. The molecule has 2 rings (SSSR count). The van der Waals surface area contributed by atoms with Crippen LogP contribution in [-0.2, 0) is 13.5 Å². The van der Waals surface area contributed by atoms with E-state index < -0.39 is 0 Å². The van der Waals surface area contributed by atoms with E-state index in [0.717, 1.165) is 22.7 Å². The Morgan fingerprint density at radius 2 is 2.05 bits per heavy atom. The van der Waals surface area contributed by atoms with Crippen molar-refractivity contribution in [2.45, 2.75) is 20.3 Å². The number of benzene rings is 1. The number of rotatable bonds is 4. The Labute approximate surface area is 113 Å². The van der Waals surface area contributed by atoms with Crippen molar-refractivity contribution in [1.29, 1.82) is 0 Å². The number of aryl methyl sites for hydroxylation is 3. The van der Waals surface area contributed by atoms with Gasteiger partial charge in [0, 0.05) is 18.3 Å². The predicted octanol–water partition coefficient (Wildman–Crippen LogP) is 2.47. The first-order chi connectivity index (χ1) is 9.01. The molecular formula is C15H18N2O2. The molecule has 100 valence electrons. The molecule has 4 nitrogen and oxygen atoms in total. The largest absolute Gasteiger partial charge is 0.496 e. The van der Waals surface area contributed by atoms with Gasteiger partial charge in [-0.2, -0.15) is 5.10 Å². The lowest BCUT2D eigenvalue weighted by Crippen LogP contribution is -2.08. The van der Waals surface area contributed by atoms with Crippen molar-refractivity contribution in [3.63, 3.8) is 0 Å². The van der Waals surface area contributed by atoms with Gasteiger partial charge >= 0.3 is 0 Å². The summed E-state index contributed by atoms with van der Waals surface area (Å²) in [7, 11) is 3.48. The SMILES string of the molecule is COc1ccc(C(=O)Cc2cc(C)nn2C)cc1C. The van der Waals surface area contributed by atoms with Crippen LogP contribution in [0.2, 0.25) is 0 Å². The van der Waals surface area contributed by atoms with Crippen LogP contribution in [0.15, 0.2) is 24.3 Å². The maximum Gasteiger partial charge on any atom is 0.168 e. The molecule has 1 aromatic carbocycles. The monoisotopic (exact) mass is 258 g/mol. The lowest BCUT2D eigenvalue weighted by Gasteiger charge is -2.07. The van der Waals surface area contributed by atoms with Crippen LogP contribution in [0.4, 0.5) is 0 Å². The van der Waals surface area contributed by atoms with E-state index in [4.69, 9.17) is 4.74 Å². The zero-order chi connectivity index (χ0) is 14.0. The molecule has 0 spiro atoms. The molecule has 0 aliphatic heterocycles. The fourth-order valence-electron chi connectivity index (χ4n) is 2.15. The summed E-state index contributed by atoms with van der Waals surface area (Å²) in [5.41, 5.74) is 3.53. The third kappa shape index (κ3) is 2.84. The maximum atomic E-state index is 12.2. The van der Waals surface area contributed by atoms with Gasteiger partial charge in [0.1, 0.15) is 5.75 Å². The molecule has 0 saturated carbocycles. The van der Waals surface area contributed by atoms with Crippen molar-refractivity contribution in [2.75, 3.05) is 7.11 Å². The average Bonchev–Trinajstić information content (AvgIpc) is 2.67. The normalized spacial score (nSPS) is 10.5. The van der Waals surface area contributed by atoms with Crippen LogP contribution < -0.4 is 4.74 Å². The van der Waals surface area contributed by atoms with Crippen LogP contribution >= 0.6 is 0 Å². The number of ether oxygens (including phenoxy) is 1. The van der Waals surface area contributed by atoms with Gasteiger partial charge in [0.15, 0.2) is 5.78 Å². The lowest BCUT2D eigenvalue weighted by molar-refractivity contribution is 0.0990. The Morgan fingerprint density at radius 3 is 2.58 bits per heavy atom. The Kier molecular flexibility index (Phi) is 3.69. The number of hydrogen-bond donors (Lipinski definition) is 0. The fraction of sp³-hybridized carbons (Fsp3) is 0.333. The van der Waals surface area contributed by atoms with Gasteiger partial charge in [-0.25, -0.2) is 0 Å². The quantitative estimate of drug-likeness (QED) is 0.791. The Bertz CT molecular complexity index is 615. The fourth-order valence-corrected chi connectivity index (χ4v) is 2.15. The third-order valence-electron chi connectivity index (χ3n) is 3.16. The minimum atomic E-state index is 0.0914. The van der Waals surface area contributed by atoms with E-state index in [-0.39, 0.29) is 5.78 Å². The highest BCUT2D eigenvalue weighted by Crippen LogP contribution is 2.19. The minimum Gasteiger partial charge on any atom is -0.496 e. The first-order valence-electron chi connectivity index (χ1n) is 6.18. The molecule has 0 fully saturated rings. The highest BCUT2D eigenvalue weighted by Gasteiger charge is 2.12. The van der Waals surface area contributed by atoms with E-state index in [1.54, 1.807) is 17.9 Å². The van der Waals surface area contributed by atoms with Crippen LogP contribution in [0.3, 0.4) is 0 Å². The van der Waals surface area contributed by atoms with Crippen molar-refractivity contribution in [1.82, 2.24) is 9.78 Å². The van der Waals surface area contributed by atoms with Gasteiger partial charge in [-0.3, -0.25) is 9.48 Å². The second-order valence-electron chi connectivity index (χ2n) is 4.69. The Hall–Kier alpha value is -2.10. The number of hydrogen-bond acceptors (Lipinski definition) is 3. The summed E-state index contributed by atoms with van der Waals surface area (Å²) in [4.78, 5) is 12.2. The van der Waals surface area contributed by atoms with Gasteiger partial charge in [0.25, 0.3) is 0 Å². The van der Waals surface area contributed by atoms with Crippen molar-refractivity contribution >= 4 is 5.78 Å². The molecule has 1 heterocycles. The molecular weight excluding hydrogens is 240 g/mol. The standard InChI is InChI=1S/C15H18N2O2/c1-10-7-12(5-6-15(10)19-4)14(18)9-13-8-11(2)16-17(13)3/h5-8H,9H2,1-4H3. The smallest absolute Gasteiger partial charge is 0.168 e. The van der Waals surface area contributed by atoms with Gasteiger partial charge in [-0.05, 0) is 43.7 Å². The second-order valence-corrected chi connectivity index (χ2v) is 4.69. The summed E-state index contributed by atoms with van der Waals surface area (Å²) in [5.74, 6) is 0.890. The van der Waals surface area contributed by atoms with Crippen molar-refractivity contribution in [3.05, 3.63) is 46.8 Å². The van der Waals surface area contributed by atoms with E-state index in [9.17, 15) is 4.79 Å². The molecule has 0 saturated heterocycles. The zero-order valence-corrected chi connectivity index (χ0v) is 11.7. The Balaban J connectivity index is 2.20. The minimum absolute atomic E-state index is 0.0914. The average molecular weight is 258 g/mol. The van der Waals surface area contributed by atoms with Crippen LogP contribution in [-0.4, -0.2) is 22.7 Å². The highest BCUT2D eigenvalue weighted by atomic mass is 16.5. The molecule has 0 amide bonds. The molecule has 0 aliphatic carbocycles. The third-order valence-corrected chi connectivity index (χ3v) is 3.16. The van der Waals surface area contributed by atoms with Crippen LogP contribution in [0.1, 0.15) is 27.3 Å². The van der Waals surface area contributed by atoms with Crippen LogP contribution in [0.25, 0.3) is 0 Å². The number of carbonyl (C=O) groups excluding carboxylic acids is 1. The number of nitrogens with zero attached hydrogens (tertiary/aromatic N) is 2. The summed E-state index contributed by atoms with van der Waals surface area (Å²) >= 11 is 0. The first-order valence-corrected chi connectivity index (χ1v) is 6.18. The predicted molar refractivity (Wildman–Crippen MR) is 73.7 cm³/mol. The summed E-state index contributed by atoms with van der Waals surface area (Å²) in [6, 6.07) is 7.44. The number of Topliss-reactive ketones (excluding diaryl/α,β-unsaturated/α-hetero) is 1. The number of carbonyl (C=O) groups is 1. The molecule has 2 aromatic rings. The van der Waals surface area contributed by atoms with Crippen molar-refractivity contribution in [3.8, 4) is 5.75 Å². The van der Waals surface area contributed by atoms with E-state index in [0.29, 0.717) is 12.0 Å². The van der Waals surface area contributed by atoms with E-state index in [2.05, 4.69) is 5.10 Å². The summed E-state index contributed by atoms with van der Waals surface area (Å²) in [6.45, 7) is 3.86. The molecule has 0 aliphatic rings. The number of aromatic nitrogens is 2. The highest BCUT2D eigenvalue weighted by molar-refractivity contribution is 5.97. The van der Waals surface area contributed by atoms with Gasteiger partial charge in [-0.1, -0.05) is 0 Å². The molecule has 4 heteroatoms. The molecule has 0 N–H and O–H groups in total. The second kappa shape index (κ2) is 5.26. The first kappa shape index (κ1) is 13.3. The van der Waals surface area contributed by atoms with E-state index in [1.165, 1.54) is 0 Å². The molecule has 0 atom stereocenters. The van der Waals surface area contributed by atoms with E-state index >= 15 is 0 Å². The topological polar surface area (TPSA) is 44.1 Å². The maximum absolute atomic E-state index is 12.2.